The average molecular weight is 287 g/mol. The molecule has 112 valence electrons. The average Bonchev–Trinajstić information content (AvgIpc) is 2.45. The molecule has 4 atom stereocenters. The maximum absolute atomic E-state index is 12.1. The van der Waals surface area contributed by atoms with Gasteiger partial charge in [0.2, 0.25) is 0 Å². The van der Waals surface area contributed by atoms with Gasteiger partial charge < -0.3 is 10.2 Å². The molecule has 4 heteroatoms. The van der Waals surface area contributed by atoms with Crippen molar-refractivity contribution >= 4 is 5.78 Å². The number of likely N-dealkylation sites (tertiary alicyclic amines) is 1. The van der Waals surface area contributed by atoms with Crippen molar-refractivity contribution in [3.8, 4) is 11.5 Å². The largest absolute Gasteiger partial charge is 0.504 e. The Morgan fingerprint density at radius 1 is 1.38 bits per heavy atom. The van der Waals surface area contributed by atoms with Crippen LogP contribution in [-0.4, -0.2) is 40.0 Å². The zero-order valence-corrected chi connectivity index (χ0v) is 12.5. The van der Waals surface area contributed by atoms with E-state index in [9.17, 15) is 15.0 Å². The number of phenols is 2. The summed E-state index contributed by atoms with van der Waals surface area (Å²) in [5, 5.41) is 20.3. The van der Waals surface area contributed by atoms with E-state index in [-0.39, 0.29) is 22.7 Å². The number of carbonyl (C=O) groups excluding carboxylic acids is 1. The van der Waals surface area contributed by atoms with E-state index in [4.69, 9.17) is 0 Å². The predicted octanol–water partition coefficient (Wildman–Crippen LogP) is 1.96. The smallest absolute Gasteiger partial charge is 0.161 e. The molecular formula is C17H21NO3. The number of hydrogen-bond acceptors (Lipinski definition) is 4. The number of phenolic OH excluding ortho intramolecular Hbond substituents is 2. The van der Waals surface area contributed by atoms with Crippen LogP contribution in [0, 0.1) is 5.92 Å². The predicted molar refractivity (Wildman–Crippen MR) is 78.5 cm³/mol. The van der Waals surface area contributed by atoms with Crippen molar-refractivity contribution in [3.05, 3.63) is 23.3 Å². The van der Waals surface area contributed by atoms with Crippen LogP contribution in [0.1, 0.15) is 37.3 Å². The lowest BCUT2D eigenvalue weighted by molar-refractivity contribution is -0.180. The van der Waals surface area contributed by atoms with Crippen molar-refractivity contribution in [2.24, 2.45) is 5.92 Å². The van der Waals surface area contributed by atoms with Crippen LogP contribution in [0.3, 0.4) is 0 Å². The Kier molecular flexibility index (Phi) is 2.51. The maximum atomic E-state index is 12.1. The van der Waals surface area contributed by atoms with Gasteiger partial charge in [-0.15, -0.1) is 0 Å². The van der Waals surface area contributed by atoms with Crippen LogP contribution < -0.4 is 0 Å². The molecule has 1 saturated heterocycles. The van der Waals surface area contributed by atoms with Crippen molar-refractivity contribution in [2.45, 2.75) is 50.1 Å². The van der Waals surface area contributed by atoms with Crippen LogP contribution in [0.25, 0.3) is 0 Å². The summed E-state index contributed by atoms with van der Waals surface area (Å²) < 4.78 is 0. The summed E-state index contributed by atoms with van der Waals surface area (Å²) in [6, 6.07) is 4.50. The number of fused-ring (bicyclic) bond motifs is 2. The van der Waals surface area contributed by atoms with E-state index in [1.807, 2.05) is 13.0 Å². The Hall–Kier alpha value is -1.55. The van der Waals surface area contributed by atoms with Crippen molar-refractivity contribution < 1.29 is 15.0 Å². The number of benzene rings is 1. The zero-order chi connectivity index (χ0) is 14.9. The second kappa shape index (κ2) is 4.01. The first-order valence-electron chi connectivity index (χ1n) is 7.77. The van der Waals surface area contributed by atoms with Crippen LogP contribution in [-0.2, 0) is 16.6 Å². The molecule has 21 heavy (non-hydrogen) atoms. The van der Waals surface area contributed by atoms with E-state index in [2.05, 4.69) is 11.9 Å². The minimum atomic E-state index is -0.245. The standard InChI is InChI=1S/C17H21NO3/c1-3-10(19)7-17-8-12-15(17)11(18(12)2)6-9-4-5-13(20)16(21)14(9)17/h4-5,11-12,15,20-21H,3,6-8H2,1-2H3. The molecule has 1 aromatic carbocycles. The quantitative estimate of drug-likeness (QED) is 0.834. The van der Waals surface area contributed by atoms with E-state index in [0.29, 0.717) is 30.8 Å². The highest BCUT2D eigenvalue weighted by atomic mass is 16.3. The maximum Gasteiger partial charge on any atom is 0.161 e. The third-order valence-corrected chi connectivity index (χ3v) is 6.16. The molecule has 4 rings (SSSR count). The summed E-state index contributed by atoms with van der Waals surface area (Å²) in [7, 11) is 2.16. The highest BCUT2D eigenvalue weighted by Crippen LogP contribution is 2.67. The van der Waals surface area contributed by atoms with E-state index < -0.39 is 0 Å². The molecule has 2 N–H and O–H groups in total. The third kappa shape index (κ3) is 1.41. The van der Waals surface area contributed by atoms with Gasteiger partial charge in [0.25, 0.3) is 0 Å². The SMILES string of the molecule is CCC(=O)CC12CC3C1C(Cc1ccc(O)c(O)c12)N3C. The number of hydrogen-bond donors (Lipinski definition) is 2. The molecule has 1 aliphatic heterocycles. The summed E-state index contributed by atoms with van der Waals surface area (Å²) in [6.45, 7) is 1.89. The fourth-order valence-corrected chi connectivity index (χ4v) is 5.13. The first kappa shape index (κ1) is 13.1. The molecule has 4 nitrogen and oxygen atoms in total. The van der Waals surface area contributed by atoms with Crippen molar-refractivity contribution in [3.63, 3.8) is 0 Å². The number of carbonyl (C=O) groups is 1. The molecule has 1 saturated carbocycles. The van der Waals surface area contributed by atoms with Gasteiger partial charge in [0.15, 0.2) is 11.5 Å². The fourth-order valence-electron chi connectivity index (χ4n) is 5.13. The Balaban J connectivity index is 1.86. The Morgan fingerprint density at radius 3 is 2.86 bits per heavy atom. The lowest BCUT2D eigenvalue weighted by Gasteiger charge is -2.73. The number of aromatic hydroxyl groups is 2. The molecule has 2 aliphatic carbocycles. The number of ketones is 1. The van der Waals surface area contributed by atoms with Crippen LogP contribution in [0.5, 0.6) is 11.5 Å². The van der Waals surface area contributed by atoms with Gasteiger partial charge in [0.05, 0.1) is 0 Å². The lowest BCUT2D eigenvalue weighted by atomic mass is 9.41. The van der Waals surface area contributed by atoms with Crippen LogP contribution in [0.2, 0.25) is 0 Å². The second-order valence-electron chi connectivity index (χ2n) is 6.93. The molecule has 0 radical (unpaired) electrons. The molecule has 0 bridgehead atoms. The molecule has 0 amide bonds. The van der Waals surface area contributed by atoms with E-state index in [1.165, 1.54) is 0 Å². The lowest BCUT2D eigenvalue weighted by Crippen LogP contribution is -2.79. The molecule has 3 aliphatic rings. The highest BCUT2D eigenvalue weighted by Gasteiger charge is 2.69. The molecule has 1 aromatic rings. The number of Topliss-reactive ketones (excluding diaryl/α,β-unsaturated/α-hetero) is 1. The van der Waals surface area contributed by atoms with Gasteiger partial charge in [-0.25, -0.2) is 0 Å². The van der Waals surface area contributed by atoms with E-state index in [1.54, 1.807) is 6.07 Å². The van der Waals surface area contributed by atoms with Crippen molar-refractivity contribution in [1.82, 2.24) is 4.90 Å². The summed E-state index contributed by atoms with van der Waals surface area (Å²) in [6.07, 6.45) is 2.86. The summed E-state index contributed by atoms with van der Waals surface area (Å²) >= 11 is 0. The van der Waals surface area contributed by atoms with Gasteiger partial charge in [0.1, 0.15) is 5.78 Å². The van der Waals surface area contributed by atoms with Gasteiger partial charge in [-0.05, 0) is 31.5 Å². The van der Waals surface area contributed by atoms with Crippen LogP contribution >= 0.6 is 0 Å². The van der Waals surface area contributed by atoms with E-state index >= 15 is 0 Å². The summed E-state index contributed by atoms with van der Waals surface area (Å²) in [5.41, 5.74) is 1.71. The van der Waals surface area contributed by atoms with Gasteiger partial charge in [-0.3, -0.25) is 9.69 Å². The minimum absolute atomic E-state index is 0.00264. The van der Waals surface area contributed by atoms with Crippen molar-refractivity contribution in [1.29, 1.82) is 0 Å². The topological polar surface area (TPSA) is 60.8 Å². The molecule has 4 unspecified atom stereocenters. The van der Waals surface area contributed by atoms with Crippen LogP contribution in [0.4, 0.5) is 0 Å². The molecule has 1 heterocycles. The monoisotopic (exact) mass is 287 g/mol. The van der Waals surface area contributed by atoms with Crippen LogP contribution in [0.15, 0.2) is 12.1 Å². The molecular weight excluding hydrogens is 266 g/mol. The normalized spacial score (nSPS) is 36.2. The first-order valence-corrected chi connectivity index (χ1v) is 7.77. The van der Waals surface area contributed by atoms with Gasteiger partial charge in [-0.2, -0.15) is 0 Å². The van der Waals surface area contributed by atoms with Gasteiger partial charge in [0, 0.05) is 41.8 Å². The van der Waals surface area contributed by atoms with Gasteiger partial charge >= 0.3 is 0 Å². The Bertz CT molecular complexity index is 641. The summed E-state index contributed by atoms with van der Waals surface area (Å²) in [5.74, 6) is 0.644. The molecule has 2 fully saturated rings. The fraction of sp³-hybridized carbons (Fsp3) is 0.588. The number of piperidine rings is 1. The van der Waals surface area contributed by atoms with Gasteiger partial charge in [-0.1, -0.05) is 13.0 Å². The van der Waals surface area contributed by atoms with E-state index in [0.717, 1.165) is 24.0 Å². The molecule has 0 aromatic heterocycles. The third-order valence-electron chi connectivity index (χ3n) is 6.16. The first-order chi connectivity index (χ1) is 9.99. The summed E-state index contributed by atoms with van der Waals surface area (Å²) in [4.78, 5) is 14.5. The Morgan fingerprint density at radius 2 is 2.14 bits per heavy atom. The molecule has 0 spiro atoms. The zero-order valence-electron chi connectivity index (χ0n) is 12.5. The van der Waals surface area contributed by atoms with Crippen molar-refractivity contribution in [2.75, 3.05) is 7.05 Å². The Labute approximate surface area is 124 Å². The number of rotatable bonds is 3. The minimum Gasteiger partial charge on any atom is -0.504 e. The number of nitrogens with zero attached hydrogens (tertiary/aromatic N) is 1. The highest BCUT2D eigenvalue weighted by molar-refractivity contribution is 5.81. The number of likely N-dealkylation sites (N-methyl/N-ethyl adjacent to an activating group) is 1. The second-order valence-corrected chi connectivity index (χ2v) is 6.93.